The van der Waals surface area contributed by atoms with Crippen LogP contribution in [0.1, 0.15) is 37.3 Å². The third-order valence-corrected chi connectivity index (χ3v) is 4.22. The Bertz CT molecular complexity index is 955. The number of aromatic nitrogens is 2. The number of halogens is 1. The van der Waals surface area contributed by atoms with Gasteiger partial charge < -0.3 is 15.0 Å². The molecule has 1 heterocycles. The predicted molar refractivity (Wildman–Crippen MR) is 95.3 cm³/mol. The molecule has 6 heteroatoms. The van der Waals surface area contributed by atoms with Gasteiger partial charge in [-0.15, -0.1) is 0 Å². The molecule has 0 aliphatic rings. The third kappa shape index (κ3) is 3.53. The molecule has 5 nitrogen and oxygen atoms in total. The van der Waals surface area contributed by atoms with Crippen LogP contribution in [0.5, 0.6) is 5.75 Å². The minimum atomic E-state index is -0.404. The van der Waals surface area contributed by atoms with Gasteiger partial charge in [-0.25, -0.2) is 9.37 Å². The van der Waals surface area contributed by atoms with Crippen molar-refractivity contribution < 1.29 is 9.13 Å². The van der Waals surface area contributed by atoms with Gasteiger partial charge in [-0.1, -0.05) is 18.2 Å². The van der Waals surface area contributed by atoms with Crippen LogP contribution in [-0.2, 0) is 0 Å². The molecule has 0 radical (unpaired) electrons. The molecule has 0 aliphatic heterocycles. The van der Waals surface area contributed by atoms with Crippen LogP contribution in [-0.4, -0.2) is 17.1 Å². The second kappa shape index (κ2) is 7.03. The van der Waals surface area contributed by atoms with Crippen LogP contribution in [0, 0.1) is 5.82 Å². The van der Waals surface area contributed by atoms with Crippen LogP contribution in [0.4, 0.5) is 4.39 Å². The second-order valence-electron chi connectivity index (χ2n) is 5.97. The number of hydrogen-bond donors (Lipinski definition) is 2. The lowest BCUT2D eigenvalue weighted by molar-refractivity contribution is 0.385. The molecular formula is C19H20FN3O2. The summed E-state index contributed by atoms with van der Waals surface area (Å²) in [5.41, 5.74) is 1.27. The summed E-state index contributed by atoms with van der Waals surface area (Å²) in [4.78, 5) is 19.5. The van der Waals surface area contributed by atoms with E-state index in [0.29, 0.717) is 16.7 Å². The van der Waals surface area contributed by atoms with Crippen molar-refractivity contribution >= 4 is 10.9 Å². The highest BCUT2D eigenvalue weighted by Crippen LogP contribution is 2.23. The van der Waals surface area contributed by atoms with Crippen molar-refractivity contribution in [1.29, 1.82) is 0 Å². The fourth-order valence-electron chi connectivity index (χ4n) is 2.81. The first-order chi connectivity index (χ1) is 12.0. The number of hydrogen-bond acceptors (Lipinski definition) is 4. The molecular weight excluding hydrogens is 321 g/mol. The van der Waals surface area contributed by atoms with E-state index in [2.05, 4.69) is 15.3 Å². The molecule has 1 aromatic heterocycles. The number of nitrogens with one attached hydrogen (secondary N) is 2. The Morgan fingerprint density at radius 1 is 1.16 bits per heavy atom. The van der Waals surface area contributed by atoms with Crippen LogP contribution < -0.4 is 15.6 Å². The number of para-hydroxylation sites is 1. The van der Waals surface area contributed by atoms with E-state index in [4.69, 9.17) is 4.74 Å². The summed E-state index contributed by atoms with van der Waals surface area (Å²) >= 11 is 0. The first-order valence-corrected chi connectivity index (χ1v) is 8.08. The Hall–Kier alpha value is -2.73. The van der Waals surface area contributed by atoms with E-state index in [1.807, 2.05) is 32.0 Å². The maximum Gasteiger partial charge on any atom is 0.258 e. The molecule has 25 heavy (non-hydrogen) atoms. The number of methoxy groups -OCH3 is 1. The van der Waals surface area contributed by atoms with E-state index in [9.17, 15) is 9.18 Å². The Morgan fingerprint density at radius 3 is 2.64 bits per heavy atom. The van der Waals surface area contributed by atoms with Crippen LogP contribution in [0.25, 0.3) is 10.9 Å². The lowest BCUT2D eigenvalue weighted by Gasteiger charge is -2.20. The molecule has 0 bridgehead atoms. The molecule has 3 aromatic rings. The second-order valence-corrected chi connectivity index (χ2v) is 5.97. The van der Waals surface area contributed by atoms with Gasteiger partial charge in [0.05, 0.1) is 24.1 Å². The lowest BCUT2D eigenvalue weighted by Crippen LogP contribution is -2.26. The normalized spacial score (nSPS) is 13.6. The number of rotatable bonds is 5. The summed E-state index contributed by atoms with van der Waals surface area (Å²) in [7, 11) is 1.43. The number of H-pyrrole nitrogens is 1. The van der Waals surface area contributed by atoms with Crippen molar-refractivity contribution in [3.63, 3.8) is 0 Å². The third-order valence-electron chi connectivity index (χ3n) is 4.22. The maximum absolute atomic E-state index is 13.9. The molecule has 0 amide bonds. The number of ether oxygens (including phenoxy) is 1. The van der Waals surface area contributed by atoms with Crippen molar-refractivity contribution in [2.45, 2.75) is 25.9 Å². The van der Waals surface area contributed by atoms with E-state index < -0.39 is 5.82 Å². The van der Waals surface area contributed by atoms with Crippen molar-refractivity contribution in [3.05, 3.63) is 70.0 Å². The molecule has 0 saturated carbocycles. The number of aromatic amines is 1. The van der Waals surface area contributed by atoms with Crippen LogP contribution in [0.2, 0.25) is 0 Å². The highest BCUT2D eigenvalue weighted by molar-refractivity contribution is 5.77. The zero-order chi connectivity index (χ0) is 18.0. The highest BCUT2D eigenvalue weighted by atomic mass is 19.1. The first kappa shape index (κ1) is 17.1. The van der Waals surface area contributed by atoms with Crippen molar-refractivity contribution in [2.24, 2.45) is 0 Å². The molecule has 2 aromatic carbocycles. The summed E-state index contributed by atoms with van der Waals surface area (Å²) in [6.45, 7) is 3.83. The smallest absolute Gasteiger partial charge is 0.258 e. The molecule has 130 valence electrons. The average molecular weight is 341 g/mol. The summed E-state index contributed by atoms with van der Waals surface area (Å²) in [6, 6.07) is 11.7. The zero-order valence-corrected chi connectivity index (χ0v) is 14.3. The SMILES string of the molecule is COc1ccc([C@H](C)N[C@@H](C)c2nc3ccccc3c(=O)[nH]2)cc1F. The maximum atomic E-state index is 13.9. The summed E-state index contributed by atoms with van der Waals surface area (Å²) in [5, 5.41) is 3.89. The minimum Gasteiger partial charge on any atom is -0.494 e. The largest absolute Gasteiger partial charge is 0.494 e. The quantitative estimate of drug-likeness (QED) is 0.745. The first-order valence-electron chi connectivity index (χ1n) is 8.08. The average Bonchev–Trinajstić information content (AvgIpc) is 2.61. The van der Waals surface area contributed by atoms with Gasteiger partial charge in [0.25, 0.3) is 5.56 Å². The zero-order valence-electron chi connectivity index (χ0n) is 14.3. The Labute approximate surface area is 144 Å². The Balaban J connectivity index is 1.83. The molecule has 2 N–H and O–H groups in total. The van der Waals surface area contributed by atoms with Crippen molar-refractivity contribution in [3.8, 4) is 5.75 Å². The molecule has 0 fully saturated rings. The van der Waals surface area contributed by atoms with Gasteiger partial charge in [0.2, 0.25) is 0 Å². The van der Waals surface area contributed by atoms with Crippen LogP contribution in [0.3, 0.4) is 0 Å². The van der Waals surface area contributed by atoms with Gasteiger partial charge in [0.15, 0.2) is 11.6 Å². The topological polar surface area (TPSA) is 67.0 Å². The summed E-state index contributed by atoms with van der Waals surface area (Å²) in [5.74, 6) is 0.354. The monoisotopic (exact) mass is 341 g/mol. The van der Waals surface area contributed by atoms with Gasteiger partial charge in [0, 0.05) is 6.04 Å². The molecule has 2 atom stereocenters. The Kier molecular flexibility index (Phi) is 4.81. The van der Waals surface area contributed by atoms with Gasteiger partial charge in [-0.05, 0) is 43.7 Å². The fraction of sp³-hybridized carbons (Fsp3) is 0.263. The molecule has 3 rings (SSSR count). The van der Waals surface area contributed by atoms with Gasteiger partial charge in [-0.3, -0.25) is 4.79 Å². The number of nitrogens with zero attached hydrogens (tertiary/aromatic N) is 1. The molecule has 0 aliphatic carbocycles. The van der Waals surface area contributed by atoms with E-state index in [1.54, 1.807) is 18.2 Å². The van der Waals surface area contributed by atoms with E-state index in [-0.39, 0.29) is 23.4 Å². The van der Waals surface area contributed by atoms with Gasteiger partial charge in [-0.2, -0.15) is 0 Å². The number of benzene rings is 2. The van der Waals surface area contributed by atoms with Gasteiger partial charge in [0.1, 0.15) is 5.82 Å². The van der Waals surface area contributed by atoms with Crippen molar-refractivity contribution in [1.82, 2.24) is 15.3 Å². The molecule has 0 unspecified atom stereocenters. The standard InChI is InChI=1S/C19H20FN3O2/c1-11(13-8-9-17(25-3)15(20)10-13)21-12(2)18-22-16-7-5-4-6-14(16)19(24)23-18/h4-12,21H,1-3H3,(H,22,23,24)/t11-,12-/m0/s1. The van der Waals surface area contributed by atoms with E-state index >= 15 is 0 Å². The predicted octanol–water partition coefficient (Wildman–Crippen LogP) is 3.48. The lowest BCUT2D eigenvalue weighted by atomic mass is 10.1. The van der Waals surface area contributed by atoms with E-state index in [0.717, 1.165) is 5.56 Å². The van der Waals surface area contributed by atoms with E-state index in [1.165, 1.54) is 13.2 Å². The minimum absolute atomic E-state index is 0.132. The molecule has 0 saturated heterocycles. The van der Waals surface area contributed by atoms with Crippen LogP contribution >= 0.6 is 0 Å². The fourth-order valence-corrected chi connectivity index (χ4v) is 2.81. The highest BCUT2D eigenvalue weighted by Gasteiger charge is 2.16. The Morgan fingerprint density at radius 2 is 1.92 bits per heavy atom. The van der Waals surface area contributed by atoms with Crippen molar-refractivity contribution in [2.75, 3.05) is 7.11 Å². The number of fused-ring (bicyclic) bond motifs is 1. The molecule has 0 spiro atoms. The van der Waals surface area contributed by atoms with Crippen LogP contribution in [0.15, 0.2) is 47.3 Å². The summed E-state index contributed by atoms with van der Waals surface area (Å²) in [6.07, 6.45) is 0. The van der Waals surface area contributed by atoms with Gasteiger partial charge >= 0.3 is 0 Å². The summed E-state index contributed by atoms with van der Waals surface area (Å²) < 4.78 is 18.8.